The highest BCUT2D eigenvalue weighted by Crippen LogP contribution is 2.17. The molecule has 0 fully saturated rings. The summed E-state index contributed by atoms with van der Waals surface area (Å²) in [5.74, 6) is 1.24. The van der Waals surface area contributed by atoms with Gasteiger partial charge in [-0.05, 0) is 19.1 Å². The van der Waals surface area contributed by atoms with Crippen molar-refractivity contribution in [3.05, 3.63) is 36.1 Å². The molecular weight excluding hydrogens is 228 g/mol. The number of alkyl halides is 1. The third-order valence-corrected chi connectivity index (χ3v) is 2.53. The normalized spacial score (nSPS) is 10.6. The van der Waals surface area contributed by atoms with Gasteiger partial charge in [0, 0.05) is 6.54 Å². The van der Waals surface area contributed by atoms with Gasteiger partial charge in [0.25, 0.3) is 6.01 Å². The zero-order valence-electron chi connectivity index (χ0n) is 9.02. The molecule has 0 aliphatic carbocycles. The number of halogens is 1. The Hall–Kier alpha value is -1.42. The molecular formula is C11H13ClN2O2. The molecule has 0 spiro atoms. The van der Waals surface area contributed by atoms with E-state index >= 15 is 0 Å². The highest BCUT2D eigenvalue weighted by molar-refractivity contribution is 6.16. The van der Waals surface area contributed by atoms with Gasteiger partial charge in [-0.25, -0.2) is 0 Å². The quantitative estimate of drug-likeness (QED) is 0.754. The van der Waals surface area contributed by atoms with Gasteiger partial charge >= 0.3 is 0 Å². The predicted octanol–water partition coefficient (Wildman–Crippen LogP) is 3.03. The molecule has 0 unspecified atom stereocenters. The summed E-state index contributed by atoms with van der Waals surface area (Å²) in [6.07, 6.45) is 3.23. The fraction of sp³-hybridized carbons (Fsp3) is 0.364. The second kappa shape index (κ2) is 5.07. The number of nitrogens with zero attached hydrogens (tertiary/aromatic N) is 2. The van der Waals surface area contributed by atoms with Crippen molar-refractivity contribution in [3.63, 3.8) is 0 Å². The van der Waals surface area contributed by atoms with Gasteiger partial charge in [0.1, 0.15) is 12.0 Å². The van der Waals surface area contributed by atoms with Crippen LogP contribution in [0.25, 0.3) is 0 Å². The van der Waals surface area contributed by atoms with Crippen LogP contribution in [-0.2, 0) is 12.4 Å². The second-order valence-electron chi connectivity index (χ2n) is 3.35. The lowest BCUT2D eigenvalue weighted by Gasteiger charge is -2.16. The maximum atomic E-state index is 5.67. The van der Waals surface area contributed by atoms with Crippen LogP contribution < -0.4 is 4.90 Å². The maximum Gasteiger partial charge on any atom is 0.297 e. The topological polar surface area (TPSA) is 42.4 Å². The molecule has 16 heavy (non-hydrogen) atoms. The molecule has 0 N–H and O–H groups in total. The van der Waals surface area contributed by atoms with Gasteiger partial charge in [-0.3, -0.25) is 0 Å². The van der Waals surface area contributed by atoms with Crippen molar-refractivity contribution >= 4 is 17.6 Å². The van der Waals surface area contributed by atoms with Crippen molar-refractivity contribution < 1.29 is 8.83 Å². The molecule has 0 saturated heterocycles. The van der Waals surface area contributed by atoms with Crippen LogP contribution in [0, 0.1) is 0 Å². The summed E-state index contributed by atoms with van der Waals surface area (Å²) in [6, 6.07) is 4.37. The average molecular weight is 241 g/mol. The first kappa shape index (κ1) is 11.1. The Balaban J connectivity index is 2.10. The summed E-state index contributed by atoms with van der Waals surface area (Å²) in [5.41, 5.74) is 0.745. The first-order chi connectivity index (χ1) is 7.83. The summed E-state index contributed by atoms with van der Waals surface area (Å²) >= 11 is 5.67. The van der Waals surface area contributed by atoms with Crippen molar-refractivity contribution in [3.8, 4) is 0 Å². The van der Waals surface area contributed by atoms with E-state index in [-0.39, 0.29) is 0 Å². The third kappa shape index (κ3) is 2.39. The lowest BCUT2D eigenvalue weighted by molar-refractivity contribution is 0.481. The zero-order chi connectivity index (χ0) is 11.4. The molecule has 0 bridgehead atoms. The average Bonchev–Trinajstić information content (AvgIpc) is 2.96. The molecule has 0 aliphatic rings. The molecule has 2 aromatic heterocycles. The van der Waals surface area contributed by atoms with Crippen LogP contribution in [0.5, 0.6) is 0 Å². The lowest BCUT2D eigenvalue weighted by atomic mass is 10.4. The second-order valence-corrected chi connectivity index (χ2v) is 3.62. The van der Waals surface area contributed by atoms with E-state index in [2.05, 4.69) is 4.98 Å². The molecule has 5 heteroatoms. The smallest absolute Gasteiger partial charge is 0.297 e. The van der Waals surface area contributed by atoms with Crippen LogP contribution in [0.3, 0.4) is 0 Å². The summed E-state index contributed by atoms with van der Waals surface area (Å²) in [6.45, 7) is 3.47. The largest absolute Gasteiger partial charge is 0.467 e. The fourth-order valence-electron chi connectivity index (χ4n) is 1.41. The van der Waals surface area contributed by atoms with Crippen LogP contribution in [0.1, 0.15) is 18.4 Å². The molecule has 0 saturated carbocycles. The Kier molecular flexibility index (Phi) is 3.51. The number of oxazole rings is 1. The Bertz CT molecular complexity index is 425. The number of hydrogen-bond donors (Lipinski definition) is 0. The van der Waals surface area contributed by atoms with Crippen molar-refractivity contribution in [2.45, 2.75) is 19.3 Å². The van der Waals surface area contributed by atoms with E-state index in [0.29, 0.717) is 18.4 Å². The van der Waals surface area contributed by atoms with Gasteiger partial charge in [-0.15, -0.1) is 11.6 Å². The number of aromatic nitrogens is 1. The van der Waals surface area contributed by atoms with Gasteiger partial charge in [0.15, 0.2) is 0 Å². The van der Waals surface area contributed by atoms with E-state index in [9.17, 15) is 0 Å². The van der Waals surface area contributed by atoms with E-state index in [1.165, 1.54) is 0 Å². The zero-order valence-corrected chi connectivity index (χ0v) is 9.78. The van der Waals surface area contributed by atoms with Crippen LogP contribution in [0.4, 0.5) is 6.01 Å². The monoisotopic (exact) mass is 240 g/mol. The molecule has 2 heterocycles. The molecule has 4 nitrogen and oxygen atoms in total. The number of hydrogen-bond acceptors (Lipinski definition) is 4. The molecule has 0 aliphatic heterocycles. The highest BCUT2D eigenvalue weighted by atomic mass is 35.5. The Morgan fingerprint density at radius 2 is 2.31 bits per heavy atom. The van der Waals surface area contributed by atoms with Gasteiger partial charge in [-0.1, -0.05) is 0 Å². The van der Waals surface area contributed by atoms with E-state index in [4.69, 9.17) is 20.4 Å². The minimum absolute atomic E-state index is 0.363. The molecule has 0 amide bonds. The SMILES string of the molecule is CCN(Cc1ccco1)c1nc(CCl)co1. The van der Waals surface area contributed by atoms with E-state index < -0.39 is 0 Å². The van der Waals surface area contributed by atoms with Gasteiger partial charge in [0.05, 0.1) is 24.4 Å². The summed E-state index contributed by atoms with van der Waals surface area (Å²) < 4.78 is 10.6. The number of rotatable bonds is 5. The van der Waals surface area contributed by atoms with Gasteiger partial charge < -0.3 is 13.7 Å². The van der Waals surface area contributed by atoms with E-state index in [1.807, 2.05) is 24.0 Å². The highest BCUT2D eigenvalue weighted by Gasteiger charge is 2.12. The summed E-state index contributed by atoms with van der Waals surface area (Å²) in [7, 11) is 0. The minimum Gasteiger partial charge on any atom is -0.467 e. The Morgan fingerprint density at radius 3 is 2.88 bits per heavy atom. The molecule has 0 aromatic carbocycles. The van der Waals surface area contributed by atoms with Crippen LogP contribution >= 0.6 is 11.6 Å². The maximum absolute atomic E-state index is 5.67. The third-order valence-electron chi connectivity index (χ3n) is 2.26. The first-order valence-corrected chi connectivity index (χ1v) is 5.64. The molecule has 2 aromatic rings. The fourth-order valence-corrected chi connectivity index (χ4v) is 1.53. The first-order valence-electron chi connectivity index (χ1n) is 5.11. The Morgan fingerprint density at radius 1 is 1.44 bits per heavy atom. The standard InChI is InChI=1S/C11H13ClN2O2/c1-2-14(7-10-4-3-5-15-10)11-13-9(6-12)8-16-11/h3-5,8H,2,6-7H2,1H3. The van der Waals surface area contributed by atoms with E-state index in [1.54, 1.807) is 12.5 Å². The van der Waals surface area contributed by atoms with Gasteiger partial charge in [0.2, 0.25) is 0 Å². The van der Waals surface area contributed by atoms with Crippen molar-refractivity contribution in [2.75, 3.05) is 11.4 Å². The molecule has 86 valence electrons. The Labute approximate surface area is 98.8 Å². The van der Waals surface area contributed by atoms with Crippen molar-refractivity contribution in [2.24, 2.45) is 0 Å². The van der Waals surface area contributed by atoms with Gasteiger partial charge in [-0.2, -0.15) is 4.98 Å². The van der Waals surface area contributed by atoms with Crippen LogP contribution in [0.15, 0.2) is 33.5 Å². The molecule has 2 rings (SSSR count). The predicted molar refractivity (Wildman–Crippen MR) is 61.5 cm³/mol. The van der Waals surface area contributed by atoms with Crippen LogP contribution in [-0.4, -0.2) is 11.5 Å². The van der Waals surface area contributed by atoms with Crippen molar-refractivity contribution in [1.29, 1.82) is 0 Å². The molecule has 0 radical (unpaired) electrons. The lowest BCUT2D eigenvalue weighted by Crippen LogP contribution is -2.22. The van der Waals surface area contributed by atoms with Crippen molar-refractivity contribution in [1.82, 2.24) is 4.98 Å². The minimum atomic E-state index is 0.363. The number of furan rings is 1. The van der Waals surface area contributed by atoms with Crippen LogP contribution in [0.2, 0.25) is 0 Å². The van der Waals surface area contributed by atoms with E-state index in [0.717, 1.165) is 18.0 Å². The summed E-state index contributed by atoms with van der Waals surface area (Å²) in [4.78, 5) is 6.25. The molecule has 0 atom stereocenters. The summed E-state index contributed by atoms with van der Waals surface area (Å²) in [5, 5.41) is 0. The number of anilines is 1.